The molecule has 2 aromatic rings. The molecule has 27 heavy (non-hydrogen) atoms. The van der Waals surface area contributed by atoms with Crippen LogP contribution in [0.25, 0.3) is 12.2 Å². The molecule has 0 bridgehead atoms. The van der Waals surface area contributed by atoms with Gasteiger partial charge in [0.05, 0.1) is 4.90 Å². The van der Waals surface area contributed by atoms with E-state index in [0.717, 1.165) is 11.1 Å². The SMILES string of the molecule is C=C(C)C(=O)OCCOc1ccc(/C=C/c2ccc(S(C)(=O)=O)cc2)cc1. The molecule has 0 saturated carbocycles. The second kappa shape index (κ2) is 9.19. The maximum Gasteiger partial charge on any atom is 0.333 e. The molecule has 0 fully saturated rings. The number of benzene rings is 2. The molecular weight excluding hydrogens is 364 g/mol. The van der Waals surface area contributed by atoms with Gasteiger partial charge < -0.3 is 9.47 Å². The first-order chi connectivity index (χ1) is 12.8. The van der Waals surface area contributed by atoms with Gasteiger partial charge in [0, 0.05) is 11.8 Å². The van der Waals surface area contributed by atoms with E-state index in [1.165, 1.54) is 6.26 Å². The quantitative estimate of drug-likeness (QED) is 0.299. The van der Waals surface area contributed by atoms with Crippen molar-refractivity contribution < 1.29 is 22.7 Å². The first-order valence-electron chi connectivity index (χ1n) is 8.29. The summed E-state index contributed by atoms with van der Waals surface area (Å²) in [6.45, 7) is 5.53. The Labute approximate surface area is 159 Å². The molecule has 0 aliphatic heterocycles. The van der Waals surface area contributed by atoms with Crippen molar-refractivity contribution in [3.63, 3.8) is 0 Å². The molecule has 142 valence electrons. The third kappa shape index (κ3) is 6.75. The van der Waals surface area contributed by atoms with Crippen molar-refractivity contribution in [3.8, 4) is 5.75 Å². The standard InChI is InChI=1S/C21H22O5S/c1-16(2)21(22)26-15-14-25-19-10-6-17(7-11-19)4-5-18-8-12-20(13-9-18)27(3,23)24/h4-13H,1,14-15H2,2-3H3/b5-4+. The molecule has 0 unspecified atom stereocenters. The van der Waals surface area contributed by atoms with Crippen LogP contribution in [0.3, 0.4) is 0 Å². The van der Waals surface area contributed by atoms with E-state index >= 15 is 0 Å². The summed E-state index contributed by atoms with van der Waals surface area (Å²) >= 11 is 0. The smallest absolute Gasteiger partial charge is 0.333 e. The predicted octanol–water partition coefficient (Wildman–Crippen LogP) is 3.76. The van der Waals surface area contributed by atoms with Gasteiger partial charge in [-0.15, -0.1) is 0 Å². The molecular formula is C21H22O5S. The van der Waals surface area contributed by atoms with E-state index in [2.05, 4.69) is 6.58 Å². The van der Waals surface area contributed by atoms with E-state index in [-0.39, 0.29) is 13.2 Å². The first-order valence-corrected chi connectivity index (χ1v) is 10.2. The molecule has 0 aromatic heterocycles. The van der Waals surface area contributed by atoms with Crippen LogP contribution in [0.15, 0.2) is 65.6 Å². The molecule has 0 spiro atoms. The number of carbonyl (C=O) groups excluding carboxylic acids is 1. The summed E-state index contributed by atoms with van der Waals surface area (Å²) in [6.07, 6.45) is 5.01. The van der Waals surface area contributed by atoms with Gasteiger partial charge in [0.1, 0.15) is 19.0 Å². The lowest BCUT2D eigenvalue weighted by Gasteiger charge is -2.07. The third-order valence-corrected chi connectivity index (χ3v) is 4.72. The predicted molar refractivity (Wildman–Crippen MR) is 106 cm³/mol. The van der Waals surface area contributed by atoms with E-state index in [1.54, 1.807) is 31.2 Å². The summed E-state index contributed by atoms with van der Waals surface area (Å²) in [5.74, 6) is 0.250. The van der Waals surface area contributed by atoms with Gasteiger partial charge in [-0.2, -0.15) is 0 Å². The fourth-order valence-electron chi connectivity index (χ4n) is 2.11. The lowest BCUT2D eigenvalue weighted by Crippen LogP contribution is -2.12. The van der Waals surface area contributed by atoms with Crippen molar-refractivity contribution >= 4 is 28.0 Å². The summed E-state index contributed by atoms with van der Waals surface area (Å²) in [5.41, 5.74) is 2.24. The van der Waals surface area contributed by atoms with Crippen LogP contribution in [-0.2, 0) is 19.4 Å². The Morgan fingerprint density at radius 1 is 0.963 bits per heavy atom. The van der Waals surface area contributed by atoms with Gasteiger partial charge in [-0.3, -0.25) is 0 Å². The molecule has 0 aliphatic carbocycles. The molecule has 2 aromatic carbocycles. The van der Waals surface area contributed by atoms with Crippen LogP contribution < -0.4 is 4.74 Å². The van der Waals surface area contributed by atoms with E-state index in [0.29, 0.717) is 16.2 Å². The second-order valence-electron chi connectivity index (χ2n) is 6.01. The number of hydrogen-bond donors (Lipinski definition) is 0. The normalized spacial score (nSPS) is 11.3. The average Bonchev–Trinajstić information content (AvgIpc) is 2.64. The first kappa shape index (κ1) is 20.5. The van der Waals surface area contributed by atoms with Crippen molar-refractivity contribution in [1.29, 1.82) is 0 Å². The van der Waals surface area contributed by atoms with E-state index in [1.807, 2.05) is 36.4 Å². The molecule has 6 heteroatoms. The van der Waals surface area contributed by atoms with Crippen molar-refractivity contribution in [2.45, 2.75) is 11.8 Å². The Kier molecular flexibility index (Phi) is 6.96. The third-order valence-electron chi connectivity index (χ3n) is 3.59. The van der Waals surface area contributed by atoms with Crippen LogP contribution in [0.1, 0.15) is 18.1 Å². The fourth-order valence-corrected chi connectivity index (χ4v) is 2.74. The molecule has 0 atom stereocenters. The molecule has 0 saturated heterocycles. The highest BCUT2D eigenvalue weighted by Gasteiger charge is 2.05. The average molecular weight is 386 g/mol. The molecule has 0 N–H and O–H groups in total. The minimum Gasteiger partial charge on any atom is -0.490 e. The number of ether oxygens (including phenoxy) is 2. The maximum absolute atomic E-state index is 11.5. The zero-order valence-electron chi connectivity index (χ0n) is 15.3. The number of esters is 1. The number of hydrogen-bond acceptors (Lipinski definition) is 5. The van der Waals surface area contributed by atoms with Gasteiger partial charge in [-0.1, -0.05) is 43.0 Å². The minimum absolute atomic E-state index is 0.164. The largest absolute Gasteiger partial charge is 0.490 e. The molecule has 0 aliphatic rings. The van der Waals surface area contributed by atoms with E-state index in [9.17, 15) is 13.2 Å². The van der Waals surface area contributed by atoms with Gasteiger partial charge in [0.2, 0.25) is 0 Å². The van der Waals surface area contributed by atoms with Gasteiger partial charge in [0.15, 0.2) is 9.84 Å². The van der Waals surface area contributed by atoms with E-state index < -0.39 is 15.8 Å². The van der Waals surface area contributed by atoms with Crippen LogP contribution >= 0.6 is 0 Å². The lowest BCUT2D eigenvalue weighted by atomic mass is 10.1. The van der Waals surface area contributed by atoms with Gasteiger partial charge >= 0.3 is 5.97 Å². The van der Waals surface area contributed by atoms with Crippen LogP contribution in [0.4, 0.5) is 0 Å². The maximum atomic E-state index is 11.5. The Bertz CT molecular complexity index is 924. The monoisotopic (exact) mass is 386 g/mol. The van der Waals surface area contributed by atoms with Crippen LogP contribution in [0, 0.1) is 0 Å². The molecule has 2 rings (SSSR count). The van der Waals surface area contributed by atoms with Gasteiger partial charge in [-0.05, 0) is 42.3 Å². The van der Waals surface area contributed by atoms with E-state index in [4.69, 9.17) is 9.47 Å². The highest BCUT2D eigenvalue weighted by atomic mass is 32.2. The molecule has 0 heterocycles. The Morgan fingerprint density at radius 2 is 1.48 bits per heavy atom. The summed E-state index contributed by atoms with van der Waals surface area (Å²) < 4.78 is 33.4. The Balaban J connectivity index is 1.87. The highest BCUT2D eigenvalue weighted by Crippen LogP contribution is 2.16. The molecule has 5 nitrogen and oxygen atoms in total. The lowest BCUT2D eigenvalue weighted by molar-refractivity contribution is -0.139. The van der Waals surface area contributed by atoms with Crippen molar-refractivity contribution in [2.24, 2.45) is 0 Å². The number of carbonyl (C=O) groups is 1. The summed E-state index contributed by atoms with van der Waals surface area (Å²) in [4.78, 5) is 11.5. The fraction of sp³-hybridized carbons (Fsp3) is 0.190. The van der Waals surface area contributed by atoms with Crippen molar-refractivity contribution in [2.75, 3.05) is 19.5 Å². The Morgan fingerprint density at radius 3 is 1.96 bits per heavy atom. The topological polar surface area (TPSA) is 69.7 Å². The van der Waals surface area contributed by atoms with Crippen molar-refractivity contribution in [3.05, 3.63) is 71.8 Å². The Hall–Kier alpha value is -2.86. The van der Waals surface area contributed by atoms with Crippen LogP contribution in [0.5, 0.6) is 5.75 Å². The number of rotatable bonds is 8. The minimum atomic E-state index is -3.18. The van der Waals surface area contributed by atoms with Crippen LogP contribution in [-0.4, -0.2) is 33.9 Å². The summed E-state index contributed by atoms with van der Waals surface area (Å²) in [5, 5.41) is 0. The second-order valence-corrected chi connectivity index (χ2v) is 8.02. The summed E-state index contributed by atoms with van der Waals surface area (Å²) in [7, 11) is -3.18. The molecule has 0 radical (unpaired) electrons. The number of sulfone groups is 1. The molecule has 0 amide bonds. The van der Waals surface area contributed by atoms with Crippen molar-refractivity contribution in [1.82, 2.24) is 0 Å². The van der Waals surface area contributed by atoms with Crippen LogP contribution in [0.2, 0.25) is 0 Å². The zero-order valence-corrected chi connectivity index (χ0v) is 16.2. The summed E-state index contributed by atoms with van der Waals surface area (Å²) in [6, 6.07) is 14.2. The van der Waals surface area contributed by atoms with Gasteiger partial charge in [-0.25, -0.2) is 13.2 Å². The zero-order chi connectivity index (χ0) is 19.9. The highest BCUT2D eigenvalue weighted by molar-refractivity contribution is 7.90. The van der Waals surface area contributed by atoms with Gasteiger partial charge in [0.25, 0.3) is 0 Å².